The van der Waals surface area contributed by atoms with E-state index in [-0.39, 0.29) is 0 Å². The van der Waals surface area contributed by atoms with Crippen LogP contribution in [-0.4, -0.2) is 7.11 Å². The summed E-state index contributed by atoms with van der Waals surface area (Å²) in [6, 6.07) is 8.49. The first-order chi connectivity index (χ1) is 8.30. The minimum Gasteiger partial charge on any atom is -0.497 e. The highest BCUT2D eigenvalue weighted by Gasteiger charge is 2.06. The molecular formula is C16H26O. The minimum atomic E-state index is 0.900. The molecule has 1 aromatic carbocycles. The van der Waals surface area contributed by atoms with Crippen molar-refractivity contribution in [2.45, 2.75) is 52.4 Å². The topological polar surface area (TPSA) is 9.23 Å². The molecule has 0 bridgehead atoms. The molecule has 0 fully saturated rings. The smallest absolute Gasteiger partial charge is 0.118 e. The Bertz CT molecular complexity index is 289. The van der Waals surface area contributed by atoms with Crippen molar-refractivity contribution < 1.29 is 4.74 Å². The van der Waals surface area contributed by atoms with Crippen LogP contribution in [0.25, 0.3) is 0 Å². The van der Waals surface area contributed by atoms with Crippen LogP contribution in [0.3, 0.4) is 0 Å². The molecule has 1 nitrogen and oxygen atoms in total. The first-order valence-electron chi connectivity index (χ1n) is 6.93. The molecule has 1 heteroatoms. The number of ether oxygens (including phenoxy) is 1. The van der Waals surface area contributed by atoms with Gasteiger partial charge < -0.3 is 4.74 Å². The monoisotopic (exact) mass is 234 g/mol. The summed E-state index contributed by atoms with van der Waals surface area (Å²) in [7, 11) is 1.72. The van der Waals surface area contributed by atoms with Gasteiger partial charge in [0.25, 0.3) is 0 Å². The van der Waals surface area contributed by atoms with Crippen LogP contribution in [0.5, 0.6) is 5.75 Å². The van der Waals surface area contributed by atoms with E-state index in [2.05, 4.69) is 38.1 Å². The average Bonchev–Trinajstić information content (AvgIpc) is 2.39. The number of aryl methyl sites for hydroxylation is 1. The Kier molecular flexibility index (Phi) is 6.76. The van der Waals surface area contributed by atoms with Crippen LogP contribution in [0, 0.1) is 5.92 Å². The van der Waals surface area contributed by atoms with Crippen molar-refractivity contribution in [2.75, 3.05) is 7.11 Å². The van der Waals surface area contributed by atoms with Crippen molar-refractivity contribution in [3.05, 3.63) is 29.8 Å². The molecule has 0 spiro atoms. The van der Waals surface area contributed by atoms with Crippen molar-refractivity contribution in [3.63, 3.8) is 0 Å². The number of unbranched alkanes of at least 4 members (excludes halogenated alkanes) is 1. The van der Waals surface area contributed by atoms with Crippen LogP contribution in [-0.2, 0) is 6.42 Å². The molecule has 0 N–H and O–H groups in total. The van der Waals surface area contributed by atoms with Crippen molar-refractivity contribution in [1.29, 1.82) is 0 Å². The molecule has 0 aliphatic carbocycles. The van der Waals surface area contributed by atoms with E-state index in [1.54, 1.807) is 7.11 Å². The van der Waals surface area contributed by atoms with Gasteiger partial charge in [0, 0.05) is 0 Å². The predicted octanol–water partition coefficient (Wildman–Crippen LogP) is 4.84. The van der Waals surface area contributed by atoms with Crippen molar-refractivity contribution in [3.8, 4) is 5.75 Å². The lowest BCUT2D eigenvalue weighted by molar-refractivity contribution is 0.413. The molecule has 17 heavy (non-hydrogen) atoms. The first kappa shape index (κ1) is 14.1. The number of methoxy groups -OCH3 is 1. The lowest BCUT2D eigenvalue weighted by Crippen LogP contribution is -2.01. The largest absolute Gasteiger partial charge is 0.497 e. The fourth-order valence-corrected chi connectivity index (χ4v) is 2.21. The first-order valence-corrected chi connectivity index (χ1v) is 6.93. The Hall–Kier alpha value is -0.980. The van der Waals surface area contributed by atoms with Gasteiger partial charge in [-0.3, -0.25) is 0 Å². The van der Waals surface area contributed by atoms with Gasteiger partial charge in [-0.15, -0.1) is 0 Å². The third-order valence-electron chi connectivity index (χ3n) is 3.54. The summed E-state index contributed by atoms with van der Waals surface area (Å²) in [6.45, 7) is 4.59. The van der Waals surface area contributed by atoms with Gasteiger partial charge >= 0.3 is 0 Å². The van der Waals surface area contributed by atoms with Gasteiger partial charge in [-0.05, 0) is 36.5 Å². The Morgan fingerprint density at radius 2 is 1.76 bits per heavy atom. The predicted molar refractivity (Wildman–Crippen MR) is 74.6 cm³/mol. The standard InChI is InChI=1S/C16H26O/c1-4-6-7-14(5-2)8-9-15-10-12-16(17-3)13-11-15/h10-14H,4-9H2,1-3H3. The lowest BCUT2D eigenvalue weighted by atomic mass is 9.92. The highest BCUT2D eigenvalue weighted by atomic mass is 16.5. The van der Waals surface area contributed by atoms with Crippen molar-refractivity contribution in [1.82, 2.24) is 0 Å². The average molecular weight is 234 g/mol. The van der Waals surface area contributed by atoms with Gasteiger partial charge in [-0.2, -0.15) is 0 Å². The Labute approximate surface area is 106 Å². The zero-order valence-corrected chi connectivity index (χ0v) is 11.5. The van der Waals surface area contributed by atoms with E-state index in [4.69, 9.17) is 4.74 Å². The molecule has 0 aromatic heterocycles. The molecule has 1 unspecified atom stereocenters. The molecule has 1 aromatic rings. The third-order valence-corrected chi connectivity index (χ3v) is 3.54. The third kappa shape index (κ3) is 5.25. The van der Waals surface area contributed by atoms with Crippen LogP contribution in [0.15, 0.2) is 24.3 Å². The molecule has 0 amide bonds. The summed E-state index contributed by atoms with van der Waals surface area (Å²) in [5.74, 6) is 1.85. The van der Waals surface area contributed by atoms with E-state index in [0.29, 0.717) is 0 Å². The summed E-state index contributed by atoms with van der Waals surface area (Å²) < 4.78 is 5.17. The van der Waals surface area contributed by atoms with E-state index in [1.165, 1.54) is 44.1 Å². The maximum Gasteiger partial charge on any atom is 0.118 e. The van der Waals surface area contributed by atoms with Crippen LogP contribution < -0.4 is 4.74 Å². The van der Waals surface area contributed by atoms with Crippen molar-refractivity contribution in [2.24, 2.45) is 5.92 Å². The molecule has 0 saturated carbocycles. The van der Waals surface area contributed by atoms with E-state index >= 15 is 0 Å². The molecule has 0 aliphatic rings. The van der Waals surface area contributed by atoms with Gasteiger partial charge in [0.15, 0.2) is 0 Å². The number of rotatable bonds is 8. The highest BCUT2D eigenvalue weighted by molar-refractivity contribution is 5.27. The Balaban J connectivity index is 2.36. The molecule has 1 rings (SSSR count). The number of benzene rings is 1. The maximum absolute atomic E-state index is 5.17. The van der Waals surface area contributed by atoms with E-state index in [1.807, 2.05) is 0 Å². The second kappa shape index (κ2) is 8.16. The molecule has 0 heterocycles. The molecule has 1 atom stereocenters. The van der Waals surface area contributed by atoms with Crippen LogP contribution in [0.1, 0.15) is 51.5 Å². The van der Waals surface area contributed by atoms with Crippen molar-refractivity contribution >= 4 is 0 Å². The van der Waals surface area contributed by atoms with Gasteiger partial charge in [0.05, 0.1) is 7.11 Å². The second-order valence-corrected chi connectivity index (χ2v) is 4.80. The minimum absolute atomic E-state index is 0.900. The van der Waals surface area contributed by atoms with Gasteiger partial charge in [-0.25, -0.2) is 0 Å². The highest BCUT2D eigenvalue weighted by Crippen LogP contribution is 2.20. The molecule has 0 radical (unpaired) electrons. The maximum atomic E-state index is 5.17. The van der Waals surface area contributed by atoms with Crippen LogP contribution >= 0.6 is 0 Å². The van der Waals surface area contributed by atoms with E-state index < -0.39 is 0 Å². The van der Waals surface area contributed by atoms with Crippen LogP contribution in [0.4, 0.5) is 0 Å². The summed E-state index contributed by atoms with van der Waals surface area (Å²) in [4.78, 5) is 0. The summed E-state index contributed by atoms with van der Waals surface area (Å²) in [5.41, 5.74) is 1.43. The summed E-state index contributed by atoms with van der Waals surface area (Å²) >= 11 is 0. The second-order valence-electron chi connectivity index (χ2n) is 4.80. The Morgan fingerprint density at radius 3 is 2.29 bits per heavy atom. The Morgan fingerprint density at radius 1 is 1.06 bits per heavy atom. The van der Waals surface area contributed by atoms with Gasteiger partial charge in [-0.1, -0.05) is 51.7 Å². The van der Waals surface area contributed by atoms with Gasteiger partial charge in [0.1, 0.15) is 5.75 Å². The SMILES string of the molecule is CCCCC(CC)CCc1ccc(OC)cc1. The molecular weight excluding hydrogens is 208 g/mol. The fourth-order valence-electron chi connectivity index (χ4n) is 2.21. The van der Waals surface area contributed by atoms with Gasteiger partial charge in [0.2, 0.25) is 0 Å². The molecule has 0 saturated heterocycles. The molecule has 96 valence electrons. The number of hydrogen-bond donors (Lipinski definition) is 0. The quantitative estimate of drug-likeness (QED) is 0.625. The fraction of sp³-hybridized carbons (Fsp3) is 0.625. The normalized spacial score (nSPS) is 12.4. The molecule has 0 aliphatic heterocycles. The number of hydrogen-bond acceptors (Lipinski definition) is 1. The van der Waals surface area contributed by atoms with Crippen LogP contribution in [0.2, 0.25) is 0 Å². The van der Waals surface area contributed by atoms with E-state index in [9.17, 15) is 0 Å². The zero-order valence-electron chi connectivity index (χ0n) is 11.5. The summed E-state index contributed by atoms with van der Waals surface area (Å²) in [5, 5.41) is 0. The summed E-state index contributed by atoms with van der Waals surface area (Å²) in [6.07, 6.45) is 7.93. The lowest BCUT2D eigenvalue weighted by Gasteiger charge is -2.14. The van der Waals surface area contributed by atoms with E-state index in [0.717, 1.165) is 11.7 Å². The zero-order chi connectivity index (χ0) is 12.5.